The molecule has 1 aliphatic rings. The fraction of sp³-hybridized carbons (Fsp3) is 0.278. The van der Waals surface area contributed by atoms with Gasteiger partial charge in [-0.2, -0.15) is 0 Å². The van der Waals surface area contributed by atoms with Crippen molar-refractivity contribution in [1.29, 1.82) is 0 Å². The van der Waals surface area contributed by atoms with E-state index in [1.807, 2.05) is 6.07 Å². The molecule has 120 valence electrons. The number of nitrogens with zero attached hydrogens (tertiary/aromatic N) is 1. The van der Waals surface area contributed by atoms with Crippen molar-refractivity contribution >= 4 is 27.5 Å². The summed E-state index contributed by atoms with van der Waals surface area (Å²) in [6.45, 7) is 2.51. The van der Waals surface area contributed by atoms with Gasteiger partial charge in [0.2, 0.25) is 5.91 Å². The molecule has 1 amide bonds. The Morgan fingerprint density at radius 1 is 1.22 bits per heavy atom. The predicted molar refractivity (Wildman–Crippen MR) is 92.8 cm³/mol. The molecule has 0 bridgehead atoms. The van der Waals surface area contributed by atoms with Crippen molar-refractivity contribution in [2.75, 3.05) is 18.4 Å². The first kappa shape index (κ1) is 16.1. The van der Waals surface area contributed by atoms with Gasteiger partial charge in [0, 0.05) is 30.5 Å². The molecule has 0 atom stereocenters. The molecule has 23 heavy (non-hydrogen) atoms. The minimum Gasteiger partial charge on any atom is -0.324 e. The zero-order chi connectivity index (χ0) is 16.2. The third kappa shape index (κ3) is 4.18. The van der Waals surface area contributed by atoms with E-state index in [9.17, 15) is 9.18 Å². The highest BCUT2D eigenvalue weighted by Gasteiger charge is 2.16. The predicted octanol–water partition coefficient (Wildman–Crippen LogP) is 3.98. The Morgan fingerprint density at radius 3 is 2.78 bits per heavy atom. The Hall–Kier alpha value is -1.72. The summed E-state index contributed by atoms with van der Waals surface area (Å²) in [6.07, 6.45) is 1.37. The molecule has 0 fully saturated rings. The maximum atomic E-state index is 13.7. The van der Waals surface area contributed by atoms with Gasteiger partial charge in [0.1, 0.15) is 5.82 Å². The Morgan fingerprint density at radius 2 is 2.00 bits per heavy atom. The van der Waals surface area contributed by atoms with Crippen LogP contribution in [0.5, 0.6) is 0 Å². The molecule has 0 aliphatic carbocycles. The number of carbonyl (C=O) groups excluding carboxylic acids is 1. The van der Waals surface area contributed by atoms with E-state index in [1.165, 1.54) is 17.2 Å². The van der Waals surface area contributed by atoms with Crippen molar-refractivity contribution in [2.45, 2.75) is 19.4 Å². The molecule has 3 nitrogen and oxygen atoms in total. The van der Waals surface area contributed by atoms with Crippen molar-refractivity contribution in [3.05, 3.63) is 63.9 Å². The number of benzene rings is 2. The number of halogens is 2. The van der Waals surface area contributed by atoms with Gasteiger partial charge in [0.25, 0.3) is 0 Å². The van der Waals surface area contributed by atoms with E-state index >= 15 is 0 Å². The van der Waals surface area contributed by atoms with Crippen LogP contribution in [0, 0.1) is 5.82 Å². The van der Waals surface area contributed by atoms with Crippen molar-refractivity contribution in [1.82, 2.24) is 4.90 Å². The Bertz CT molecular complexity index is 720. The Kier molecular flexibility index (Phi) is 5.08. The minimum absolute atomic E-state index is 0.162. The molecule has 0 saturated heterocycles. The average Bonchev–Trinajstić information content (AvgIpc) is 2.55. The summed E-state index contributed by atoms with van der Waals surface area (Å²) in [5, 5.41) is 2.63. The van der Waals surface area contributed by atoms with Gasteiger partial charge in [-0.3, -0.25) is 9.69 Å². The van der Waals surface area contributed by atoms with Crippen LogP contribution in [0.3, 0.4) is 0 Å². The van der Waals surface area contributed by atoms with E-state index in [0.29, 0.717) is 17.4 Å². The van der Waals surface area contributed by atoms with Crippen LogP contribution in [0.25, 0.3) is 0 Å². The normalized spacial score (nSPS) is 14.3. The fourth-order valence-corrected chi connectivity index (χ4v) is 3.14. The number of anilines is 1. The quantitative estimate of drug-likeness (QED) is 0.875. The molecule has 3 rings (SSSR count). The molecule has 1 aliphatic heterocycles. The minimum atomic E-state index is -0.431. The lowest BCUT2D eigenvalue weighted by Gasteiger charge is -2.28. The SMILES string of the molecule is O=C(CCN1CCc2ccccc2C1)Nc1ccc(Br)cc1F. The molecule has 1 N–H and O–H groups in total. The van der Waals surface area contributed by atoms with Crippen LogP contribution in [0.4, 0.5) is 10.1 Å². The van der Waals surface area contributed by atoms with Crippen LogP contribution >= 0.6 is 15.9 Å². The van der Waals surface area contributed by atoms with Gasteiger partial charge < -0.3 is 5.32 Å². The summed E-state index contributed by atoms with van der Waals surface area (Å²) in [7, 11) is 0. The molecule has 5 heteroatoms. The van der Waals surface area contributed by atoms with Crippen LogP contribution in [0.2, 0.25) is 0 Å². The molecule has 2 aromatic carbocycles. The summed E-state index contributed by atoms with van der Waals surface area (Å²) in [5.41, 5.74) is 2.95. The van der Waals surface area contributed by atoms with Gasteiger partial charge >= 0.3 is 0 Å². The largest absolute Gasteiger partial charge is 0.324 e. The number of carbonyl (C=O) groups is 1. The van der Waals surface area contributed by atoms with E-state index in [4.69, 9.17) is 0 Å². The maximum Gasteiger partial charge on any atom is 0.225 e. The lowest BCUT2D eigenvalue weighted by Crippen LogP contribution is -2.33. The topological polar surface area (TPSA) is 32.3 Å². The summed E-state index contributed by atoms with van der Waals surface area (Å²) in [5.74, 6) is -0.593. The molecular formula is C18H18BrFN2O. The lowest BCUT2D eigenvalue weighted by atomic mass is 10.00. The monoisotopic (exact) mass is 376 g/mol. The zero-order valence-electron chi connectivity index (χ0n) is 12.7. The van der Waals surface area contributed by atoms with Crippen LogP contribution < -0.4 is 5.32 Å². The van der Waals surface area contributed by atoms with Gasteiger partial charge in [-0.1, -0.05) is 40.2 Å². The maximum absolute atomic E-state index is 13.7. The van der Waals surface area contributed by atoms with E-state index in [1.54, 1.807) is 12.1 Å². The summed E-state index contributed by atoms with van der Waals surface area (Å²) >= 11 is 3.20. The van der Waals surface area contributed by atoms with Crippen LogP contribution in [0.15, 0.2) is 46.9 Å². The van der Waals surface area contributed by atoms with Gasteiger partial charge in [-0.05, 0) is 35.7 Å². The number of nitrogens with one attached hydrogen (secondary N) is 1. The standard InChI is InChI=1S/C18H18BrFN2O/c19-15-5-6-17(16(20)11-15)21-18(23)8-10-22-9-7-13-3-1-2-4-14(13)12-22/h1-6,11H,7-10,12H2,(H,21,23). The molecule has 2 aromatic rings. The summed E-state index contributed by atoms with van der Waals surface area (Å²) < 4.78 is 14.4. The highest BCUT2D eigenvalue weighted by atomic mass is 79.9. The number of rotatable bonds is 4. The second-order valence-electron chi connectivity index (χ2n) is 5.72. The molecular weight excluding hydrogens is 359 g/mol. The number of fused-ring (bicyclic) bond motifs is 1. The molecule has 0 saturated carbocycles. The number of hydrogen-bond acceptors (Lipinski definition) is 2. The van der Waals surface area contributed by atoms with E-state index in [0.717, 1.165) is 19.5 Å². The van der Waals surface area contributed by atoms with Crippen LogP contribution in [-0.2, 0) is 17.8 Å². The zero-order valence-corrected chi connectivity index (χ0v) is 14.3. The third-order valence-corrected chi connectivity index (χ3v) is 4.56. The Labute approximate surface area is 143 Å². The van der Waals surface area contributed by atoms with E-state index < -0.39 is 5.82 Å². The molecule has 0 aromatic heterocycles. The van der Waals surface area contributed by atoms with Gasteiger partial charge in [-0.15, -0.1) is 0 Å². The third-order valence-electron chi connectivity index (χ3n) is 4.07. The fourth-order valence-electron chi connectivity index (χ4n) is 2.81. The number of hydrogen-bond donors (Lipinski definition) is 1. The number of amides is 1. The molecule has 1 heterocycles. The smallest absolute Gasteiger partial charge is 0.225 e. The first-order valence-electron chi connectivity index (χ1n) is 7.66. The van der Waals surface area contributed by atoms with Crippen molar-refractivity contribution < 1.29 is 9.18 Å². The second kappa shape index (κ2) is 7.23. The highest BCUT2D eigenvalue weighted by Crippen LogP contribution is 2.20. The van der Waals surface area contributed by atoms with Gasteiger partial charge in [0.15, 0.2) is 0 Å². The summed E-state index contributed by atoms with van der Waals surface area (Å²) in [6, 6.07) is 13.0. The van der Waals surface area contributed by atoms with E-state index in [2.05, 4.69) is 44.3 Å². The van der Waals surface area contributed by atoms with Gasteiger partial charge in [0.05, 0.1) is 5.69 Å². The van der Waals surface area contributed by atoms with Crippen molar-refractivity contribution in [2.24, 2.45) is 0 Å². The Balaban J connectivity index is 1.52. The van der Waals surface area contributed by atoms with E-state index in [-0.39, 0.29) is 11.6 Å². The highest BCUT2D eigenvalue weighted by molar-refractivity contribution is 9.10. The van der Waals surface area contributed by atoms with Gasteiger partial charge in [-0.25, -0.2) is 4.39 Å². The summed E-state index contributed by atoms with van der Waals surface area (Å²) in [4.78, 5) is 14.3. The lowest BCUT2D eigenvalue weighted by molar-refractivity contribution is -0.116. The van der Waals surface area contributed by atoms with Crippen molar-refractivity contribution in [3.63, 3.8) is 0 Å². The van der Waals surface area contributed by atoms with Crippen LogP contribution in [-0.4, -0.2) is 23.9 Å². The van der Waals surface area contributed by atoms with Crippen LogP contribution in [0.1, 0.15) is 17.5 Å². The second-order valence-corrected chi connectivity index (χ2v) is 6.63. The first-order valence-corrected chi connectivity index (χ1v) is 8.45. The average molecular weight is 377 g/mol. The molecule has 0 unspecified atom stereocenters. The van der Waals surface area contributed by atoms with Crippen molar-refractivity contribution in [3.8, 4) is 0 Å². The molecule has 0 spiro atoms. The molecule has 0 radical (unpaired) electrons. The first-order chi connectivity index (χ1) is 11.1.